The van der Waals surface area contributed by atoms with Gasteiger partial charge >= 0.3 is 5.97 Å². The van der Waals surface area contributed by atoms with Crippen LogP contribution in [0, 0.1) is 17.1 Å². The lowest BCUT2D eigenvalue weighted by Gasteiger charge is -2.18. The number of nitrogens with one attached hydrogen (secondary N) is 2. The minimum absolute atomic E-state index is 0.0274. The largest absolute Gasteiger partial charge is 0.504 e. The monoisotopic (exact) mass is 826 g/mol. The second-order valence-electron chi connectivity index (χ2n) is 14.2. The topological polar surface area (TPSA) is 243 Å². The normalized spacial score (nSPS) is 11.2. The number of nitrogens with zero attached hydrogens (tertiary/aromatic N) is 1. The molecule has 15 heteroatoms. The smallest absolute Gasteiger partial charge is 0.335 e. The summed E-state index contributed by atoms with van der Waals surface area (Å²) in [5.41, 5.74) is 7.13. The Balaban J connectivity index is 1.21. The van der Waals surface area contributed by atoms with Crippen LogP contribution in [0.25, 0.3) is 0 Å². The van der Waals surface area contributed by atoms with Crippen molar-refractivity contribution in [3.8, 4) is 17.6 Å². The van der Waals surface area contributed by atoms with E-state index in [1.807, 2.05) is 0 Å². The van der Waals surface area contributed by atoms with Gasteiger partial charge in [-0.25, -0.2) is 9.18 Å². The summed E-state index contributed by atoms with van der Waals surface area (Å²) in [4.78, 5) is 88.7. The van der Waals surface area contributed by atoms with Crippen molar-refractivity contribution >= 4 is 46.7 Å². The number of carboxylic acid groups (broad SMARTS) is 1. The fourth-order valence-corrected chi connectivity index (χ4v) is 6.14. The fraction of sp³-hybridized carbons (Fsp3) is 0.174. The molecule has 5 aromatic carbocycles. The summed E-state index contributed by atoms with van der Waals surface area (Å²) >= 11 is 0. The third-order valence-corrected chi connectivity index (χ3v) is 9.29. The van der Waals surface area contributed by atoms with E-state index in [4.69, 9.17) is 20.8 Å². The highest BCUT2D eigenvalue weighted by Gasteiger charge is 2.25. The second-order valence-corrected chi connectivity index (χ2v) is 14.2. The molecule has 1 atom stereocenters. The standard InChI is InChI=1S/C46H39FN4O10/c1-25(2)61-43-31(15-18-35(42(43)56)39(53)19-26-5-9-30(10-6-26)46(59)60)22-38(52)28-7-3-27(4-8-28)20-40(54)37(23-41(49)55)51-44(57)29-13-16-34(17-14-29)50-45(58)32-11-12-33(24-48)36(47)21-32/h3-18,21,25,37,56H,19-20,22-23H2,1-2H3,(H2,49,55)(H,50,58)(H,51,57)(H,59,60)/t37-/m0/s1. The van der Waals surface area contributed by atoms with Crippen molar-refractivity contribution in [2.24, 2.45) is 5.73 Å². The number of carboxylic acids is 1. The Bertz CT molecular complexity index is 2560. The summed E-state index contributed by atoms with van der Waals surface area (Å²) in [6, 6.07) is 24.1. The first-order chi connectivity index (χ1) is 29.0. The maximum Gasteiger partial charge on any atom is 0.335 e. The molecule has 0 radical (unpaired) electrons. The minimum atomic E-state index is -1.30. The number of halogens is 1. The van der Waals surface area contributed by atoms with E-state index in [1.165, 1.54) is 84.9 Å². The fourth-order valence-electron chi connectivity index (χ4n) is 6.14. The van der Waals surface area contributed by atoms with Crippen molar-refractivity contribution in [2.75, 3.05) is 5.32 Å². The van der Waals surface area contributed by atoms with Crippen LogP contribution in [0.1, 0.15) is 94.3 Å². The van der Waals surface area contributed by atoms with Gasteiger partial charge in [0.05, 0.1) is 35.3 Å². The zero-order valence-corrected chi connectivity index (χ0v) is 32.9. The van der Waals surface area contributed by atoms with Crippen LogP contribution in [-0.4, -0.2) is 63.4 Å². The summed E-state index contributed by atoms with van der Waals surface area (Å²) in [7, 11) is 0. The molecule has 61 heavy (non-hydrogen) atoms. The van der Waals surface area contributed by atoms with Crippen LogP contribution in [-0.2, 0) is 28.9 Å². The molecule has 0 aliphatic heterocycles. The molecule has 0 heterocycles. The number of hydrogen-bond acceptors (Lipinski definition) is 10. The number of nitriles is 1. The van der Waals surface area contributed by atoms with Gasteiger partial charge in [0.1, 0.15) is 11.9 Å². The van der Waals surface area contributed by atoms with E-state index in [0.29, 0.717) is 16.7 Å². The van der Waals surface area contributed by atoms with Gasteiger partial charge in [-0.15, -0.1) is 0 Å². The molecule has 6 N–H and O–H groups in total. The molecule has 0 bridgehead atoms. The lowest BCUT2D eigenvalue weighted by atomic mass is 9.95. The highest BCUT2D eigenvalue weighted by atomic mass is 19.1. The average Bonchev–Trinajstić information content (AvgIpc) is 3.22. The highest BCUT2D eigenvalue weighted by Crippen LogP contribution is 2.36. The van der Waals surface area contributed by atoms with Gasteiger partial charge in [-0.1, -0.05) is 42.5 Å². The van der Waals surface area contributed by atoms with Crippen molar-refractivity contribution in [2.45, 2.75) is 51.7 Å². The summed E-state index contributed by atoms with van der Waals surface area (Å²) in [5.74, 6) is -5.97. The molecule has 3 amide bonds. The highest BCUT2D eigenvalue weighted by molar-refractivity contribution is 6.05. The van der Waals surface area contributed by atoms with Gasteiger partial charge in [0.15, 0.2) is 28.8 Å². The number of nitrogens with two attached hydrogens (primary N) is 1. The molecular weight excluding hydrogens is 788 g/mol. The van der Waals surface area contributed by atoms with Crippen LogP contribution in [0.15, 0.2) is 103 Å². The van der Waals surface area contributed by atoms with E-state index >= 15 is 0 Å². The van der Waals surface area contributed by atoms with Gasteiger partial charge in [-0.2, -0.15) is 5.26 Å². The summed E-state index contributed by atoms with van der Waals surface area (Å²) < 4.78 is 19.8. The lowest BCUT2D eigenvalue weighted by molar-refractivity contribution is -0.125. The number of carbonyl (C=O) groups is 7. The number of phenolic OH excluding ortho intramolecular Hbond substituents is 1. The molecule has 0 unspecified atom stereocenters. The Morgan fingerprint density at radius 2 is 1.33 bits per heavy atom. The Morgan fingerprint density at radius 3 is 1.90 bits per heavy atom. The molecule has 14 nitrogen and oxygen atoms in total. The molecule has 310 valence electrons. The number of aromatic hydroxyl groups is 1. The van der Waals surface area contributed by atoms with Crippen LogP contribution in [0.5, 0.6) is 11.5 Å². The lowest BCUT2D eigenvalue weighted by Crippen LogP contribution is -2.44. The number of Topliss-reactive ketones (excluding diaryl/α,β-unsaturated/α-hetero) is 3. The van der Waals surface area contributed by atoms with Crippen LogP contribution < -0.4 is 21.1 Å². The summed E-state index contributed by atoms with van der Waals surface area (Å²) in [6.07, 6.45) is -1.48. The van der Waals surface area contributed by atoms with Gasteiger partial charge in [0.2, 0.25) is 5.91 Å². The van der Waals surface area contributed by atoms with Crippen LogP contribution in [0.2, 0.25) is 0 Å². The molecule has 0 aliphatic carbocycles. The molecule has 0 saturated heterocycles. The quantitative estimate of drug-likeness (QED) is 0.0664. The molecule has 0 aromatic heterocycles. The maximum atomic E-state index is 14.0. The molecule has 5 rings (SSSR count). The number of hydrogen-bond donors (Lipinski definition) is 5. The third-order valence-electron chi connectivity index (χ3n) is 9.29. The Morgan fingerprint density at radius 1 is 0.738 bits per heavy atom. The van der Waals surface area contributed by atoms with Crippen LogP contribution in [0.3, 0.4) is 0 Å². The number of ketones is 3. The summed E-state index contributed by atoms with van der Waals surface area (Å²) in [6.45, 7) is 3.44. The average molecular weight is 827 g/mol. The Kier molecular flexibility index (Phi) is 14.2. The van der Waals surface area contributed by atoms with Gasteiger partial charge < -0.3 is 31.3 Å². The number of phenols is 1. The summed E-state index contributed by atoms with van der Waals surface area (Å²) in [5, 5.41) is 34.3. The van der Waals surface area contributed by atoms with Crippen LogP contribution >= 0.6 is 0 Å². The zero-order chi connectivity index (χ0) is 44.4. The predicted octanol–water partition coefficient (Wildman–Crippen LogP) is 5.78. The van der Waals surface area contributed by atoms with Crippen molar-refractivity contribution in [3.05, 3.63) is 159 Å². The van der Waals surface area contributed by atoms with Gasteiger partial charge in [-0.05, 0) is 85.6 Å². The molecular formula is C46H39FN4O10. The van der Waals surface area contributed by atoms with Crippen molar-refractivity contribution in [1.29, 1.82) is 5.26 Å². The number of carbonyl (C=O) groups excluding carboxylic acids is 6. The number of amides is 3. The molecule has 0 spiro atoms. The van der Waals surface area contributed by atoms with Crippen molar-refractivity contribution < 1.29 is 52.9 Å². The van der Waals surface area contributed by atoms with Crippen molar-refractivity contribution in [1.82, 2.24) is 5.32 Å². The maximum absolute atomic E-state index is 14.0. The Hall–Kier alpha value is -7.99. The van der Waals surface area contributed by atoms with E-state index in [-0.39, 0.29) is 69.9 Å². The van der Waals surface area contributed by atoms with Gasteiger partial charge in [0.25, 0.3) is 11.8 Å². The zero-order valence-electron chi connectivity index (χ0n) is 32.9. The third kappa shape index (κ3) is 11.6. The van der Waals surface area contributed by atoms with E-state index in [1.54, 1.807) is 32.0 Å². The first kappa shape index (κ1) is 44.1. The first-order valence-corrected chi connectivity index (χ1v) is 18.7. The SMILES string of the molecule is CC(C)Oc1c(CC(=O)c2ccc(CC(=O)[C@H](CC(N)=O)NC(=O)c3ccc(NC(=O)c4ccc(C#N)c(F)c4)cc3)cc2)ccc(C(=O)Cc2ccc(C(=O)O)cc2)c1O. The number of aromatic carboxylic acids is 1. The van der Waals surface area contributed by atoms with Gasteiger partial charge in [0, 0.05) is 47.2 Å². The Labute approximate surface area is 348 Å². The molecule has 5 aromatic rings. The van der Waals surface area contributed by atoms with Crippen molar-refractivity contribution in [3.63, 3.8) is 0 Å². The van der Waals surface area contributed by atoms with Crippen LogP contribution in [0.4, 0.5) is 10.1 Å². The van der Waals surface area contributed by atoms with E-state index in [9.17, 15) is 43.1 Å². The van der Waals surface area contributed by atoms with E-state index < -0.39 is 65.4 Å². The van der Waals surface area contributed by atoms with E-state index in [0.717, 1.165) is 6.07 Å². The van der Waals surface area contributed by atoms with Gasteiger partial charge in [-0.3, -0.25) is 28.8 Å². The number of ether oxygens (including phenoxy) is 1. The number of benzene rings is 5. The number of rotatable bonds is 18. The molecule has 0 saturated carbocycles. The minimum Gasteiger partial charge on any atom is -0.504 e. The molecule has 0 fully saturated rings. The number of anilines is 1. The van der Waals surface area contributed by atoms with E-state index in [2.05, 4.69) is 10.6 Å². The predicted molar refractivity (Wildman–Crippen MR) is 219 cm³/mol. The molecule has 0 aliphatic rings. The first-order valence-electron chi connectivity index (χ1n) is 18.7. The number of primary amides is 1. The second kappa shape index (κ2) is 19.6.